The van der Waals surface area contributed by atoms with Gasteiger partial charge in [-0.2, -0.15) is 4.98 Å². The first-order valence-electron chi connectivity index (χ1n) is 11.2. The van der Waals surface area contributed by atoms with Gasteiger partial charge in [-0.1, -0.05) is 30.6 Å². The number of aryl methyl sites for hydroxylation is 2. The largest absolute Gasteiger partial charge is 0.507 e. The van der Waals surface area contributed by atoms with E-state index >= 15 is 0 Å². The fourth-order valence-electron chi connectivity index (χ4n) is 3.33. The van der Waals surface area contributed by atoms with Crippen LogP contribution in [0.2, 0.25) is 5.02 Å². The minimum atomic E-state index is -0.622. The first-order chi connectivity index (χ1) is 16.5. The molecule has 0 saturated carbocycles. The summed E-state index contributed by atoms with van der Waals surface area (Å²) in [6.45, 7) is 11.2. The van der Waals surface area contributed by atoms with Crippen molar-refractivity contribution in [2.75, 3.05) is 0 Å². The molecule has 0 aliphatic heterocycles. The highest BCUT2D eigenvalue weighted by molar-refractivity contribution is 6.33. The van der Waals surface area contributed by atoms with Gasteiger partial charge in [0.2, 0.25) is 5.82 Å². The summed E-state index contributed by atoms with van der Waals surface area (Å²) in [5.74, 6) is -1.20. The number of fused-ring (bicyclic) bond motifs is 1. The second kappa shape index (κ2) is 10.4. The molecule has 0 unspecified atom stereocenters. The van der Waals surface area contributed by atoms with Gasteiger partial charge in [-0.05, 0) is 63.4 Å². The summed E-state index contributed by atoms with van der Waals surface area (Å²) >= 11 is 6.24. The number of ether oxygens (including phenoxy) is 1. The van der Waals surface area contributed by atoms with Gasteiger partial charge in [0.1, 0.15) is 22.9 Å². The van der Waals surface area contributed by atoms with Gasteiger partial charge in [0.25, 0.3) is 5.89 Å². The Hall–Kier alpha value is -3.46. The zero-order valence-corrected chi connectivity index (χ0v) is 21.3. The molecule has 0 spiro atoms. The monoisotopic (exact) mass is 502 g/mol. The number of benzene rings is 1. The molecule has 4 rings (SSSR count). The summed E-state index contributed by atoms with van der Waals surface area (Å²) < 4.78 is 26.9. The number of hydrogen-bond acceptors (Lipinski definition) is 7. The molecule has 1 aromatic carbocycles. The predicted molar refractivity (Wildman–Crippen MR) is 131 cm³/mol. The molecule has 0 radical (unpaired) electrons. The highest BCUT2D eigenvalue weighted by Gasteiger charge is 2.21. The summed E-state index contributed by atoms with van der Waals surface area (Å²) in [6, 6.07) is 4.15. The zero-order valence-electron chi connectivity index (χ0n) is 20.5. The van der Waals surface area contributed by atoms with Gasteiger partial charge >= 0.3 is 5.97 Å². The van der Waals surface area contributed by atoms with Gasteiger partial charge in [-0.25, -0.2) is 9.37 Å². The molecular weight excluding hydrogens is 475 g/mol. The van der Waals surface area contributed by atoms with Crippen LogP contribution in [0.3, 0.4) is 0 Å². The Bertz CT molecular complexity index is 1360. The number of carbonyl (C=O) groups is 1. The molecule has 0 aliphatic carbocycles. The number of esters is 1. The van der Waals surface area contributed by atoms with Crippen LogP contribution < -0.4 is 0 Å². The lowest BCUT2D eigenvalue weighted by molar-refractivity contribution is -0.154. The van der Waals surface area contributed by atoms with Gasteiger partial charge < -0.3 is 18.8 Å². The molecule has 0 aliphatic rings. The molecule has 10 heteroatoms. The third-order valence-corrected chi connectivity index (χ3v) is 4.99. The fourth-order valence-corrected chi connectivity index (χ4v) is 3.65. The number of nitrogens with zero attached hydrogens (tertiary/aromatic N) is 4. The molecule has 0 amide bonds. The highest BCUT2D eigenvalue weighted by Crippen LogP contribution is 2.32. The number of phenols is 1. The molecule has 4 aromatic rings. The van der Waals surface area contributed by atoms with E-state index in [0.717, 1.165) is 11.6 Å². The molecule has 186 valence electrons. The van der Waals surface area contributed by atoms with Crippen molar-refractivity contribution in [3.63, 3.8) is 0 Å². The molecule has 0 fully saturated rings. The second-order valence-electron chi connectivity index (χ2n) is 8.69. The van der Waals surface area contributed by atoms with Crippen molar-refractivity contribution in [3.05, 3.63) is 52.6 Å². The van der Waals surface area contributed by atoms with E-state index in [2.05, 4.69) is 15.1 Å². The molecule has 35 heavy (non-hydrogen) atoms. The van der Waals surface area contributed by atoms with Crippen LogP contribution >= 0.6 is 11.6 Å². The van der Waals surface area contributed by atoms with E-state index in [1.54, 1.807) is 37.4 Å². The SMILES string of the molecule is CC.Cc1cc(Cl)c2nc(-c3nc(-c4cc(F)c(CCC(=O)OC(C)(C)C)cc4O)no3)cn2c1. The van der Waals surface area contributed by atoms with Crippen LogP contribution in [0.25, 0.3) is 28.6 Å². The maximum atomic E-state index is 14.7. The summed E-state index contributed by atoms with van der Waals surface area (Å²) in [6.07, 6.45) is 3.60. The lowest BCUT2D eigenvalue weighted by Crippen LogP contribution is -2.24. The van der Waals surface area contributed by atoms with Crippen LogP contribution in [0.1, 0.15) is 52.2 Å². The van der Waals surface area contributed by atoms with E-state index in [1.807, 2.05) is 27.0 Å². The van der Waals surface area contributed by atoms with Crippen LogP contribution in [0, 0.1) is 12.7 Å². The van der Waals surface area contributed by atoms with Crippen molar-refractivity contribution in [1.82, 2.24) is 19.5 Å². The van der Waals surface area contributed by atoms with Crippen molar-refractivity contribution in [3.8, 4) is 28.7 Å². The molecule has 1 N–H and O–H groups in total. The average Bonchev–Trinajstić information content (AvgIpc) is 3.41. The van der Waals surface area contributed by atoms with E-state index < -0.39 is 17.4 Å². The molecule has 3 heterocycles. The molecule has 3 aromatic heterocycles. The van der Waals surface area contributed by atoms with Gasteiger partial charge in [0.05, 0.1) is 10.6 Å². The maximum Gasteiger partial charge on any atom is 0.306 e. The van der Waals surface area contributed by atoms with E-state index in [0.29, 0.717) is 16.4 Å². The third kappa shape index (κ3) is 6.16. The Morgan fingerprint density at radius 2 is 1.91 bits per heavy atom. The van der Waals surface area contributed by atoms with Gasteiger partial charge in [0, 0.05) is 18.8 Å². The fraction of sp³-hybridized carbons (Fsp3) is 0.360. The summed E-state index contributed by atoms with van der Waals surface area (Å²) in [5, 5.41) is 14.8. The normalized spacial score (nSPS) is 11.3. The Morgan fingerprint density at radius 3 is 2.60 bits per heavy atom. The van der Waals surface area contributed by atoms with Crippen molar-refractivity contribution >= 4 is 23.2 Å². The molecule has 0 atom stereocenters. The summed E-state index contributed by atoms with van der Waals surface area (Å²) in [4.78, 5) is 20.6. The van der Waals surface area contributed by atoms with E-state index in [4.69, 9.17) is 20.9 Å². The molecule has 8 nitrogen and oxygen atoms in total. The Balaban J connectivity index is 0.00000167. The summed E-state index contributed by atoms with van der Waals surface area (Å²) in [5.41, 5.74) is 1.48. The molecular formula is C25H28ClFN4O4. The maximum absolute atomic E-state index is 14.7. The molecule has 0 saturated heterocycles. The Labute approximate surface area is 207 Å². The Morgan fingerprint density at radius 1 is 1.20 bits per heavy atom. The van der Waals surface area contributed by atoms with E-state index in [-0.39, 0.29) is 41.4 Å². The lowest BCUT2D eigenvalue weighted by Gasteiger charge is -2.19. The topological polar surface area (TPSA) is 103 Å². The Kier molecular flexibility index (Phi) is 7.80. The van der Waals surface area contributed by atoms with Gasteiger partial charge in [-0.15, -0.1) is 0 Å². The molecule has 0 bridgehead atoms. The van der Waals surface area contributed by atoms with Crippen LogP contribution in [0.4, 0.5) is 4.39 Å². The van der Waals surface area contributed by atoms with Crippen LogP contribution in [0.15, 0.2) is 35.1 Å². The lowest BCUT2D eigenvalue weighted by atomic mass is 10.0. The van der Waals surface area contributed by atoms with Crippen LogP contribution in [-0.2, 0) is 16.0 Å². The minimum Gasteiger partial charge on any atom is -0.507 e. The quantitative estimate of drug-likeness (QED) is 0.326. The highest BCUT2D eigenvalue weighted by atomic mass is 35.5. The number of aromatic hydroxyl groups is 1. The van der Waals surface area contributed by atoms with E-state index in [9.17, 15) is 14.3 Å². The first-order valence-corrected chi connectivity index (χ1v) is 11.6. The first kappa shape index (κ1) is 26.2. The van der Waals surface area contributed by atoms with Crippen molar-refractivity contribution in [1.29, 1.82) is 0 Å². The smallest absolute Gasteiger partial charge is 0.306 e. The van der Waals surface area contributed by atoms with Crippen molar-refractivity contribution < 1.29 is 23.6 Å². The number of phenolic OH excluding ortho intramolecular Hbond substituents is 1. The zero-order chi connectivity index (χ0) is 25.9. The second-order valence-corrected chi connectivity index (χ2v) is 9.10. The number of aromatic nitrogens is 4. The minimum absolute atomic E-state index is 0.000532. The van der Waals surface area contributed by atoms with Crippen molar-refractivity contribution in [2.24, 2.45) is 0 Å². The van der Waals surface area contributed by atoms with E-state index in [1.165, 1.54) is 6.07 Å². The van der Waals surface area contributed by atoms with Crippen LogP contribution in [-0.4, -0.2) is 36.2 Å². The predicted octanol–water partition coefficient (Wildman–Crippen LogP) is 6.16. The van der Waals surface area contributed by atoms with Crippen molar-refractivity contribution in [2.45, 2.75) is 60.0 Å². The van der Waals surface area contributed by atoms with Gasteiger partial charge in [-0.3, -0.25) is 4.79 Å². The van der Waals surface area contributed by atoms with Crippen LogP contribution in [0.5, 0.6) is 5.75 Å². The summed E-state index contributed by atoms with van der Waals surface area (Å²) in [7, 11) is 0. The van der Waals surface area contributed by atoms with Gasteiger partial charge in [0.15, 0.2) is 5.65 Å². The number of hydrogen-bond donors (Lipinski definition) is 1. The third-order valence-electron chi connectivity index (χ3n) is 4.71. The number of carbonyl (C=O) groups excluding carboxylic acids is 1. The number of imidazole rings is 1. The number of pyridine rings is 1. The standard InChI is InChI=1S/C23H22ClFN4O4.C2H6/c1-12-7-15(24)21-26-17(11-29(21)10-12)22-27-20(28-33-22)14-9-16(25)13(8-18(14)30)5-6-19(31)32-23(2,3)4;1-2/h7-11,30H,5-6H2,1-4H3;1-2H3. The number of rotatable bonds is 5. The average molecular weight is 503 g/mol. The number of halogens is 2.